The number of hydrogen-bond donors (Lipinski definition) is 0. The Morgan fingerprint density at radius 2 is 2.20 bits per heavy atom. The zero-order valence-electron chi connectivity index (χ0n) is 4.77. The Labute approximate surface area is 75.4 Å². The molecule has 1 aromatic carbocycles. The number of rotatable bonds is 1. The SMILES string of the molecule is Fc1c(Br)cccc1SCl. The summed E-state index contributed by atoms with van der Waals surface area (Å²) in [7, 11) is 6.24. The molecule has 0 aromatic heterocycles. The van der Waals surface area contributed by atoms with E-state index in [-0.39, 0.29) is 5.82 Å². The number of hydrogen-bond acceptors (Lipinski definition) is 1. The second kappa shape index (κ2) is 3.60. The fourth-order valence-corrected chi connectivity index (χ4v) is 1.71. The van der Waals surface area contributed by atoms with Crippen LogP contribution in [0.3, 0.4) is 0 Å². The first-order valence-electron chi connectivity index (χ1n) is 2.48. The molecule has 0 saturated heterocycles. The molecule has 0 aliphatic carbocycles. The molecule has 1 aromatic rings. The molecular formula is C6H3BrClFS. The minimum atomic E-state index is -0.303. The third-order valence-electron chi connectivity index (χ3n) is 0.999. The topological polar surface area (TPSA) is 0 Å². The van der Waals surface area contributed by atoms with Crippen molar-refractivity contribution in [2.75, 3.05) is 0 Å². The predicted molar refractivity (Wildman–Crippen MR) is 45.8 cm³/mol. The molecule has 0 N–H and O–H groups in total. The minimum Gasteiger partial charge on any atom is -0.204 e. The second-order valence-electron chi connectivity index (χ2n) is 1.63. The van der Waals surface area contributed by atoms with Gasteiger partial charge in [0.15, 0.2) is 5.82 Å². The summed E-state index contributed by atoms with van der Waals surface area (Å²) in [5.41, 5.74) is 0. The van der Waals surface area contributed by atoms with Crippen molar-refractivity contribution < 1.29 is 4.39 Å². The first kappa shape index (κ1) is 8.37. The van der Waals surface area contributed by atoms with E-state index in [0.717, 1.165) is 11.0 Å². The lowest BCUT2D eigenvalue weighted by Crippen LogP contribution is -1.78. The molecule has 0 saturated carbocycles. The van der Waals surface area contributed by atoms with Crippen LogP contribution in [-0.4, -0.2) is 0 Å². The number of benzene rings is 1. The van der Waals surface area contributed by atoms with Crippen LogP contribution in [0.2, 0.25) is 0 Å². The van der Waals surface area contributed by atoms with E-state index in [0.29, 0.717) is 9.37 Å². The van der Waals surface area contributed by atoms with Gasteiger partial charge in [-0.2, -0.15) is 0 Å². The van der Waals surface area contributed by atoms with Crippen LogP contribution in [0.5, 0.6) is 0 Å². The first-order chi connectivity index (χ1) is 4.75. The summed E-state index contributed by atoms with van der Waals surface area (Å²) in [4.78, 5) is 0.441. The molecule has 0 radical (unpaired) electrons. The molecule has 0 amide bonds. The highest BCUT2D eigenvalue weighted by atomic mass is 79.9. The standard InChI is InChI=1S/C6H3BrClFS/c7-4-2-1-3-5(10-8)6(4)9/h1-3H. The fourth-order valence-electron chi connectivity index (χ4n) is 0.544. The molecule has 4 heteroatoms. The first-order valence-corrected chi connectivity index (χ1v) is 4.92. The van der Waals surface area contributed by atoms with Crippen molar-refractivity contribution in [2.24, 2.45) is 0 Å². The van der Waals surface area contributed by atoms with Crippen LogP contribution in [0.1, 0.15) is 0 Å². The average Bonchev–Trinajstić information content (AvgIpc) is 1.95. The zero-order chi connectivity index (χ0) is 7.56. The molecular weight excluding hydrogens is 238 g/mol. The Hall–Kier alpha value is 0.270. The van der Waals surface area contributed by atoms with Gasteiger partial charge in [-0.3, -0.25) is 0 Å². The van der Waals surface area contributed by atoms with E-state index in [4.69, 9.17) is 10.7 Å². The molecule has 54 valence electrons. The van der Waals surface area contributed by atoms with Gasteiger partial charge < -0.3 is 0 Å². The molecule has 0 heterocycles. The quantitative estimate of drug-likeness (QED) is 0.720. The molecule has 0 atom stereocenters. The summed E-state index contributed by atoms with van der Waals surface area (Å²) in [6.45, 7) is 0. The highest BCUT2D eigenvalue weighted by Crippen LogP contribution is 2.28. The Morgan fingerprint density at radius 1 is 1.50 bits per heavy atom. The van der Waals surface area contributed by atoms with E-state index in [9.17, 15) is 4.39 Å². The van der Waals surface area contributed by atoms with Gasteiger partial charge >= 0.3 is 0 Å². The molecule has 0 aliphatic heterocycles. The van der Waals surface area contributed by atoms with Crippen molar-refractivity contribution in [3.8, 4) is 0 Å². The highest BCUT2D eigenvalue weighted by Gasteiger charge is 2.03. The van der Waals surface area contributed by atoms with Crippen LogP contribution in [-0.2, 0) is 0 Å². The fraction of sp³-hybridized carbons (Fsp3) is 0. The molecule has 10 heavy (non-hydrogen) atoms. The van der Waals surface area contributed by atoms with Gasteiger partial charge in [-0.15, -0.1) is 0 Å². The lowest BCUT2D eigenvalue weighted by Gasteiger charge is -1.96. The summed E-state index contributed by atoms with van der Waals surface area (Å²) in [5.74, 6) is -0.303. The van der Waals surface area contributed by atoms with E-state index >= 15 is 0 Å². The van der Waals surface area contributed by atoms with Crippen LogP contribution >= 0.6 is 37.6 Å². The second-order valence-corrected chi connectivity index (χ2v) is 3.54. The van der Waals surface area contributed by atoms with Crippen molar-refractivity contribution in [3.05, 3.63) is 28.5 Å². The maximum atomic E-state index is 12.8. The molecule has 1 rings (SSSR count). The Bertz CT molecular complexity index is 241. The molecule has 0 unspecified atom stereocenters. The van der Waals surface area contributed by atoms with Crippen molar-refractivity contribution in [1.29, 1.82) is 0 Å². The van der Waals surface area contributed by atoms with Crippen LogP contribution < -0.4 is 0 Å². The largest absolute Gasteiger partial charge is 0.204 e. The lowest BCUT2D eigenvalue weighted by atomic mass is 10.3. The Kier molecular flexibility index (Phi) is 3.01. The molecule has 0 bridgehead atoms. The normalized spacial score (nSPS) is 9.90. The highest BCUT2D eigenvalue weighted by molar-refractivity contribution is 9.10. The summed E-state index contributed by atoms with van der Waals surface area (Å²) < 4.78 is 13.3. The van der Waals surface area contributed by atoms with Gasteiger partial charge in [0, 0.05) is 0 Å². The van der Waals surface area contributed by atoms with E-state index in [1.165, 1.54) is 0 Å². The van der Waals surface area contributed by atoms with Crippen molar-refractivity contribution in [1.82, 2.24) is 0 Å². The molecule has 0 spiro atoms. The van der Waals surface area contributed by atoms with E-state index in [2.05, 4.69) is 15.9 Å². The van der Waals surface area contributed by atoms with E-state index in [1.807, 2.05) is 0 Å². The van der Waals surface area contributed by atoms with Gasteiger partial charge in [-0.05, 0) is 49.7 Å². The van der Waals surface area contributed by atoms with Crippen molar-refractivity contribution >= 4 is 37.6 Å². The van der Waals surface area contributed by atoms with Crippen LogP contribution in [0.4, 0.5) is 4.39 Å². The van der Waals surface area contributed by atoms with Gasteiger partial charge in [-0.25, -0.2) is 4.39 Å². The smallest absolute Gasteiger partial charge is 0.152 e. The molecule has 0 aliphatic rings. The van der Waals surface area contributed by atoms with Gasteiger partial charge in [0.05, 0.1) is 9.37 Å². The summed E-state index contributed by atoms with van der Waals surface area (Å²) >= 11 is 3.04. The average molecular weight is 242 g/mol. The minimum absolute atomic E-state index is 0.303. The molecule has 0 fully saturated rings. The molecule has 0 nitrogen and oxygen atoms in total. The van der Waals surface area contributed by atoms with Crippen LogP contribution in [0.15, 0.2) is 27.6 Å². The van der Waals surface area contributed by atoms with Gasteiger partial charge in [0.2, 0.25) is 0 Å². The Balaban J connectivity index is 3.14. The maximum absolute atomic E-state index is 12.8. The van der Waals surface area contributed by atoms with Gasteiger partial charge in [0.25, 0.3) is 0 Å². The summed E-state index contributed by atoms with van der Waals surface area (Å²) in [5, 5.41) is 0. The van der Waals surface area contributed by atoms with Crippen LogP contribution in [0.25, 0.3) is 0 Å². The number of halogens is 3. The maximum Gasteiger partial charge on any atom is 0.152 e. The monoisotopic (exact) mass is 240 g/mol. The van der Waals surface area contributed by atoms with Gasteiger partial charge in [0.1, 0.15) is 0 Å². The zero-order valence-corrected chi connectivity index (χ0v) is 7.93. The third-order valence-corrected chi connectivity index (χ3v) is 2.59. The van der Waals surface area contributed by atoms with Gasteiger partial charge in [-0.1, -0.05) is 6.07 Å². The predicted octanol–water partition coefficient (Wildman–Crippen LogP) is 3.83. The van der Waals surface area contributed by atoms with Crippen molar-refractivity contribution in [3.63, 3.8) is 0 Å². The third kappa shape index (κ3) is 1.65. The Morgan fingerprint density at radius 3 is 2.70 bits per heavy atom. The summed E-state index contributed by atoms with van der Waals surface area (Å²) in [6.07, 6.45) is 0. The van der Waals surface area contributed by atoms with E-state index in [1.54, 1.807) is 18.2 Å². The van der Waals surface area contributed by atoms with Crippen LogP contribution in [0, 0.1) is 5.82 Å². The summed E-state index contributed by atoms with van der Waals surface area (Å²) in [6, 6.07) is 4.99. The lowest BCUT2D eigenvalue weighted by molar-refractivity contribution is 0.595. The van der Waals surface area contributed by atoms with Crippen molar-refractivity contribution in [2.45, 2.75) is 4.90 Å². The van der Waals surface area contributed by atoms with E-state index < -0.39 is 0 Å².